The van der Waals surface area contributed by atoms with Crippen molar-refractivity contribution in [3.63, 3.8) is 0 Å². The van der Waals surface area contributed by atoms with Crippen LogP contribution < -0.4 is 5.43 Å². The monoisotopic (exact) mass is 249 g/mol. The fourth-order valence-electron chi connectivity index (χ4n) is 2.00. The van der Waals surface area contributed by atoms with Crippen LogP contribution in [0.5, 0.6) is 0 Å². The Labute approximate surface area is 112 Å². The third-order valence-electron chi connectivity index (χ3n) is 2.95. The molecule has 0 atom stereocenters. The second-order valence-electron chi connectivity index (χ2n) is 4.35. The highest BCUT2D eigenvalue weighted by atomic mass is 15.4. The van der Waals surface area contributed by atoms with E-state index in [1.54, 1.807) is 0 Å². The molecule has 1 heterocycles. The summed E-state index contributed by atoms with van der Waals surface area (Å²) in [6, 6.07) is 20.4. The molecule has 2 aromatic carbocycles. The van der Waals surface area contributed by atoms with Gasteiger partial charge in [0.05, 0.1) is 5.69 Å². The molecule has 0 aliphatic heterocycles. The van der Waals surface area contributed by atoms with Crippen molar-refractivity contribution in [1.82, 2.24) is 9.66 Å². The van der Waals surface area contributed by atoms with Gasteiger partial charge in [0, 0.05) is 18.8 Å². The molecule has 0 saturated carbocycles. The van der Waals surface area contributed by atoms with Crippen LogP contribution in [0.15, 0.2) is 73.1 Å². The van der Waals surface area contributed by atoms with Crippen molar-refractivity contribution in [3.05, 3.63) is 84.4 Å². The predicted molar refractivity (Wildman–Crippen MR) is 76.9 cm³/mol. The van der Waals surface area contributed by atoms with E-state index in [9.17, 15) is 0 Å². The van der Waals surface area contributed by atoms with E-state index in [2.05, 4.69) is 22.5 Å². The first-order valence-electron chi connectivity index (χ1n) is 6.30. The number of imidazole rings is 1. The van der Waals surface area contributed by atoms with Crippen LogP contribution in [0.1, 0.15) is 11.4 Å². The first-order chi connectivity index (χ1) is 9.42. The smallest absolute Gasteiger partial charge is 0.132 e. The second kappa shape index (κ2) is 5.40. The Balaban J connectivity index is 1.79. The minimum Gasteiger partial charge on any atom is -0.293 e. The van der Waals surface area contributed by atoms with E-state index in [4.69, 9.17) is 0 Å². The minimum atomic E-state index is 0.813. The minimum absolute atomic E-state index is 0.813. The molecule has 19 heavy (non-hydrogen) atoms. The maximum atomic E-state index is 4.41. The van der Waals surface area contributed by atoms with E-state index in [0.717, 1.165) is 17.9 Å². The standard InChI is InChI=1S/C16H15N3/c1-3-7-14(8-4-1)13-16-17-11-12-19(16)18-15-9-5-2-6-10-15/h1-12,18H,13H2. The van der Waals surface area contributed by atoms with Crippen LogP contribution in [-0.2, 0) is 6.42 Å². The van der Waals surface area contributed by atoms with E-state index in [-0.39, 0.29) is 0 Å². The lowest BCUT2D eigenvalue weighted by Gasteiger charge is -2.10. The molecule has 0 unspecified atom stereocenters. The number of aromatic nitrogens is 2. The number of rotatable bonds is 4. The maximum absolute atomic E-state index is 4.41. The quantitative estimate of drug-likeness (QED) is 0.768. The Hall–Kier alpha value is -2.55. The predicted octanol–water partition coefficient (Wildman–Crippen LogP) is 3.35. The molecule has 3 heteroatoms. The molecule has 0 amide bonds. The number of nitrogens with zero attached hydrogens (tertiary/aromatic N) is 2. The molecule has 0 spiro atoms. The summed E-state index contributed by atoms with van der Waals surface area (Å²) in [7, 11) is 0. The fraction of sp³-hybridized carbons (Fsp3) is 0.0625. The molecule has 0 bridgehead atoms. The summed E-state index contributed by atoms with van der Waals surface area (Å²) in [6.45, 7) is 0. The van der Waals surface area contributed by atoms with Crippen LogP contribution in [-0.4, -0.2) is 9.66 Å². The van der Waals surface area contributed by atoms with Gasteiger partial charge in [-0.05, 0) is 17.7 Å². The summed E-state index contributed by atoms with van der Waals surface area (Å²) in [4.78, 5) is 4.41. The average molecular weight is 249 g/mol. The topological polar surface area (TPSA) is 29.9 Å². The maximum Gasteiger partial charge on any atom is 0.132 e. The van der Waals surface area contributed by atoms with Gasteiger partial charge in [0.1, 0.15) is 5.82 Å². The van der Waals surface area contributed by atoms with Crippen molar-refractivity contribution in [2.45, 2.75) is 6.42 Å². The number of hydrogen-bond donors (Lipinski definition) is 1. The van der Waals surface area contributed by atoms with E-state index in [0.29, 0.717) is 0 Å². The number of hydrogen-bond acceptors (Lipinski definition) is 2. The first-order valence-corrected chi connectivity index (χ1v) is 6.30. The zero-order valence-electron chi connectivity index (χ0n) is 10.5. The van der Waals surface area contributed by atoms with Gasteiger partial charge in [-0.2, -0.15) is 0 Å². The fourth-order valence-corrected chi connectivity index (χ4v) is 2.00. The van der Waals surface area contributed by atoms with Gasteiger partial charge in [0.15, 0.2) is 0 Å². The molecule has 0 radical (unpaired) electrons. The largest absolute Gasteiger partial charge is 0.293 e. The van der Waals surface area contributed by atoms with E-state index < -0.39 is 0 Å². The molecular weight excluding hydrogens is 234 g/mol. The lowest BCUT2D eigenvalue weighted by molar-refractivity contribution is 0.852. The molecule has 0 saturated heterocycles. The normalized spacial score (nSPS) is 10.3. The number of para-hydroxylation sites is 1. The van der Waals surface area contributed by atoms with Crippen LogP contribution >= 0.6 is 0 Å². The molecule has 3 nitrogen and oxygen atoms in total. The molecule has 0 aliphatic rings. The Bertz CT molecular complexity index is 573. The van der Waals surface area contributed by atoms with Gasteiger partial charge in [-0.25, -0.2) is 9.66 Å². The number of anilines is 1. The molecule has 94 valence electrons. The van der Waals surface area contributed by atoms with Crippen LogP contribution in [0.2, 0.25) is 0 Å². The van der Waals surface area contributed by atoms with Gasteiger partial charge in [-0.3, -0.25) is 5.43 Å². The highest BCUT2D eigenvalue weighted by molar-refractivity contribution is 5.42. The highest BCUT2D eigenvalue weighted by Gasteiger charge is 2.03. The summed E-state index contributed by atoms with van der Waals surface area (Å²) in [5, 5.41) is 0. The molecular formula is C16H15N3. The molecule has 0 fully saturated rings. The lowest BCUT2D eigenvalue weighted by Crippen LogP contribution is -2.12. The van der Waals surface area contributed by atoms with Crippen LogP contribution in [0.4, 0.5) is 5.69 Å². The summed E-state index contributed by atoms with van der Waals surface area (Å²) < 4.78 is 1.96. The second-order valence-corrected chi connectivity index (χ2v) is 4.35. The number of benzene rings is 2. The molecule has 1 aromatic heterocycles. The Morgan fingerprint density at radius 1 is 0.895 bits per heavy atom. The number of nitrogens with one attached hydrogen (secondary N) is 1. The van der Waals surface area contributed by atoms with Crippen LogP contribution in [0.3, 0.4) is 0 Å². The SMILES string of the molecule is c1ccc(Cc2nccn2Nc2ccccc2)cc1. The van der Waals surface area contributed by atoms with Crippen LogP contribution in [0.25, 0.3) is 0 Å². The lowest BCUT2D eigenvalue weighted by atomic mass is 10.1. The molecule has 0 aliphatic carbocycles. The summed E-state index contributed by atoms with van der Waals surface area (Å²) in [6.07, 6.45) is 4.56. The van der Waals surface area contributed by atoms with Crippen molar-refractivity contribution >= 4 is 5.69 Å². The van der Waals surface area contributed by atoms with Crippen molar-refractivity contribution in [2.24, 2.45) is 0 Å². The van der Waals surface area contributed by atoms with Crippen molar-refractivity contribution in [1.29, 1.82) is 0 Å². The average Bonchev–Trinajstić information content (AvgIpc) is 2.88. The summed E-state index contributed by atoms with van der Waals surface area (Å²) in [5.41, 5.74) is 5.63. The first kappa shape index (κ1) is 11.5. The zero-order valence-corrected chi connectivity index (χ0v) is 10.5. The van der Waals surface area contributed by atoms with Crippen LogP contribution in [0, 0.1) is 0 Å². The van der Waals surface area contributed by atoms with Gasteiger partial charge in [0.25, 0.3) is 0 Å². The molecule has 1 N–H and O–H groups in total. The van der Waals surface area contributed by atoms with Crippen molar-refractivity contribution in [3.8, 4) is 0 Å². The van der Waals surface area contributed by atoms with Gasteiger partial charge in [0.2, 0.25) is 0 Å². The highest BCUT2D eigenvalue weighted by Crippen LogP contribution is 2.10. The van der Waals surface area contributed by atoms with Gasteiger partial charge in [-0.15, -0.1) is 0 Å². The zero-order chi connectivity index (χ0) is 12.9. The Morgan fingerprint density at radius 3 is 2.32 bits per heavy atom. The van der Waals surface area contributed by atoms with Crippen molar-refractivity contribution < 1.29 is 0 Å². The summed E-state index contributed by atoms with van der Waals surface area (Å²) in [5.74, 6) is 0.995. The van der Waals surface area contributed by atoms with Gasteiger partial charge >= 0.3 is 0 Å². The molecule has 3 rings (SSSR count). The third kappa shape index (κ3) is 2.83. The third-order valence-corrected chi connectivity index (χ3v) is 2.95. The summed E-state index contributed by atoms with van der Waals surface area (Å²) >= 11 is 0. The van der Waals surface area contributed by atoms with Crippen molar-refractivity contribution in [2.75, 3.05) is 5.43 Å². The van der Waals surface area contributed by atoms with E-state index in [1.807, 2.05) is 65.6 Å². The molecule has 3 aromatic rings. The van der Waals surface area contributed by atoms with E-state index >= 15 is 0 Å². The van der Waals surface area contributed by atoms with Gasteiger partial charge in [-0.1, -0.05) is 48.5 Å². The Morgan fingerprint density at radius 2 is 1.58 bits per heavy atom. The van der Waals surface area contributed by atoms with Gasteiger partial charge < -0.3 is 0 Å². The van der Waals surface area contributed by atoms with E-state index in [1.165, 1.54) is 5.56 Å². The Kier molecular flexibility index (Phi) is 3.28.